The Kier molecular flexibility index (Phi) is 10.7. The number of urea groups is 1. The van der Waals surface area contributed by atoms with E-state index in [2.05, 4.69) is 10.1 Å². The minimum Gasteiger partial charge on any atom is -0.481 e. The Labute approximate surface area is 291 Å². The van der Waals surface area contributed by atoms with E-state index in [1.54, 1.807) is 0 Å². The highest BCUT2D eigenvalue weighted by Crippen LogP contribution is 2.54. The van der Waals surface area contributed by atoms with Gasteiger partial charge in [0.05, 0.1) is 17.4 Å². The lowest BCUT2D eigenvalue weighted by atomic mass is 9.86. The molecular formula is C34H31F9N2O6S. The molecule has 5 rings (SSSR count). The molecule has 0 bridgehead atoms. The minimum atomic E-state index is -6.25. The summed E-state index contributed by atoms with van der Waals surface area (Å²) in [7, 11) is -4.66. The summed E-state index contributed by atoms with van der Waals surface area (Å²) in [4.78, 5) is 25.3. The summed E-state index contributed by atoms with van der Waals surface area (Å²) in [6.45, 7) is -2.63. The third-order valence-electron chi connectivity index (χ3n) is 9.67. The van der Waals surface area contributed by atoms with Crippen LogP contribution in [0.2, 0.25) is 0 Å². The second-order valence-electron chi connectivity index (χ2n) is 12.7. The smallest absolute Gasteiger partial charge is 0.430 e. The van der Waals surface area contributed by atoms with Crippen molar-refractivity contribution in [3.05, 3.63) is 101 Å². The number of alkyl halides is 6. The Hall–Kier alpha value is -4.32. The fourth-order valence-corrected chi connectivity index (χ4v) is 8.83. The quantitative estimate of drug-likeness (QED) is 0.174. The molecule has 1 atom stereocenters. The van der Waals surface area contributed by atoms with E-state index in [4.69, 9.17) is 0 Å². The molecule has 2 aliphatic rings. The first-order valence-corrected chi connectivity index (χ1v) is 17.3. The highest BCUT2D eigenvalue weighted by atomic mass is 32.2. The maximum absolute atomic E-state index is 14.5. The van der Waals surface area contributed by atoms with Crippen LogP contribution in [0.4, 0.5) is 44.3 Å². The van der Waals surface area contributed by atoms with Crippen LogP contribution in [0.25, 0.3) is 0 Å². The molecule has 3 aromatic rings. The van der Waals surface area contributed by atoms with Crippen molar-refractivity contribution in [2.75, 3.05) is 13.1 Å². The average Bonchev–Trinajstić information content (AvgIpc) is 3.53. The molecule has 2 N–H and O–H groups in total. The van der Waals surface area contributed by atoms with E-state index in [0.717, 1.165) is 35.2 Å². The highest BCUT2D eigenvalue weighted by Gasteiger charge is 2.73. The maximum Gasteiger partial charge on any atom is 0.430 e. The number of amides is 2. The van der Waals surface area contributed by atoms with E-state index in [1.807, 2.05) is 0 Å². The lowest BCUT2D eigenvalue weighted by molar-refractivity contribution is -0.392. The fraction of sp³-hybridized carbons (Fsp3) is 0.412. The molecule has 1 heterocycles. The maximum atomic E-state index is 14.5. The zero-order valence-electron chi connectivity index (χ0n) is 26.9. The Bertz CT molecular complexity index is 1860. The summed E-state index contributed by atoms with van der Waals surface area (Å²) in [6.07, 6.45) is -11.7. The van der Waals surface area contributed by atoms with Crippen LogP contribution in [0.1, 0.15) is 48.8 Å². The third-order valence-corrected chi connectivity index (χ3v) is 12.2. The van der Waals surface area contributed by atoms with Crippen LogP contribution in [0, 0.1) is 23.4 Å². The van der Waals surface area contributed by atoms with Crippen LogP contribution < -0.4 is 5.32 Å². The topological polar surface area (TPSA) is 113 Å². The summed E-state index contributed by atoms with van der Waals surface area (Å²) in [6, 6.07) is 6.58. The van der Waals surface area contributed by atoms with E-state index in [9.17, 15) is 62.6 Å². The number of hydrogen-bond acceptors (Lipinski definition) is 5. The van der Waals surface area contributed by atoms with E-state index >= 15 is 0 Å². The number of sulfone groups is 1. The molecule has 1 aliphatic heterocycles. The van der Waals surface area contributed by atoms with Crippen molar-refractivity contribution in [3.63, 3.8) is 0 Å². The van der Waals surface area contributed by atoms with Gasteiger partial charge in [-0.05, 0) is 74.1 Å². The molecule has 18 heteroatoms. The number of carboxylic acid groups (broad SMARTS) is 1. The SMILES string of the molecule is O=C(O)C1CCC(NC(=O)N2CC[C@](c3ccc(C(OCc4c(F)cccc4F)(C(F)(F)F)C(F)(F)F)cc3)(S(=O)(=O)c3ccc(F)cc3)C2)CC1. The Morgan fingerprint density at radius 1 is 0.846 bits per heavy atom. The summed E-state index contributed by atoms with van der Waals surface area (Å²) < 4.78 is 160. The van der Waals surface area contributed by atoms with Crippen molar-refractivity contribution in [1.82, 2.24) is 10.2 Å². The van der Waals surface area contributed by atoms with Gasteiger partial charge in [-0.2, -0.15) is 26.3 Å². The number of nitrogens with zero attached hydrogens (tertiary/aromatic N) is 1. The van der Waals surface area contributed by atoms with Crippen LogP contribution in [-0.2, 0) is 36.3 Å². The highest BCUT2D eigenvalue weighted by molar-refractivity contribution is 7.92. The summed E-state index contributed by atoms with van der Waals surface area (Å²) in [5.74, 6) is -5.27. The van der Waals surface area contributed by atoms with Gasteiger partial charge in [0.1, 0.15) is 22.2 Å². The molecule has 2 amide bonds. The van der Waals surface area contributed by atoms with Crippen molar-refractivity contribution in [1.29, 1.82) is 0 Å². The molecule has 0 unspecified atom stereocenters. The van der Waals surface area contributed by atoms with E-state index in [1.165, 1.54) is 0 Å². The standard InChI is InChI=1S/C34H31F9N2O6S/c35-23-10-14-25(15-11-23)52(49,50)31(16-17-45(19-31)30(48)44-24-12-4-20(5-13-24)29(46)47)21-6-8-22(9-7-21)32(33(38,39)40,34(41,42)43)51-18-26-27(36)2-1-3-28(26)37/h1-3,6-11,14-15,20,24H,4-5,12-13,16-19H2,(H,44,48)(H,46,47)/t20?,24?,31-/m0/s1. The molecule has 1 aliphatic carbocycles. The number of ether oxygens (including phenoxy) is 1. The molecule has 3 aromatic carbocycles. The zero-order chi connectivity index (χ0) is 38.3. The number of rotatable bonds is 9. The van der Waals surface area contributed by atoms with Gasteiger partial charge < -0.3 is 20.1 Å². The molecule has 52 heavy (non-hydrogen) atoms. The minimum absolute atomic E-state index is 0.231. The van der Waals surface area contributed by atoms with Gasteiger partial charge in [0.15, 0.2) is 9.84 Å². The first-order valence-electron chi connectivity index (χ1n) is 15.8. The summed E-state index contributed by atoms with van der Waals surface area (Å²) in [5, 5.41) is 12.0. The van der Waals surface area contributed by atoms with Crippen molar-refractivity contribution in [3.8, 4) is 0 Å². The first-order chi connectivity index (χ1) is 24.2. The van der Waals surface area contributed by atoms with E-state index in [0.29, 0.717) is 49.2 Å². The lowest BCUT2D eigenvalue weighted by Crippen LogP contribution is -2.56. The van der Waals surface area contributed by atoms with Gasteiger partial charge in [0, 0.05) is 30.3 Å². The van der Waals surface area contributed by atoms with Crippen LogP contribution in [0.15, 0.2) is 71.6 Å². The number of aliphatic carboxylic acids is 1. The van der Waals surface area contributed by atoms with E-state index in [-0.39, 0.29) is 31.4 Å². The molecule has 2 fully saturated rings. The van der Waals surface area contributed by atoms with Crippen molar-refractivity contribution >= 4 is 21.8 Å². The summed E-state index contributed by atoms with van der Waals surface area (Å²) >= 11 is 0. The van der Waals surface area contributed by atoms with Crippen LogP contribution in [-0.4, -0.2) is 61.9 Å². The second-order valence-corrected chi connectivity index (χ2v) is 15.0. The molecule has 8 nitrogen and oxygen atoms in total. The zero-order valence-corrected chi connectivity index (χ0v) is 27.7. The monoisotopic (exact) mass is 766 g/mol. The number of nitrogens with one attached hydrogen (secondary N) is 1. The number of halogens is 9. The Morgan fingerprint density at radius 3 is 1.92 bits per heavy atom. The average molecular weight is 767 g/mol. The van der Waals surface area contributed by atoms with Crippen molar-refractivity contribution < 1.29 is 67.4 Å². The largest absolute Gasteiger partial charge is 0.481 e. The van der Waals surface area contributed by atoms with Gasteiger partial charge in [0.25, 0.3) is 5.60 Å². The molecule has 282 valence electrons. The van der Waals surface area contributed by atoms with Crippen molar-refractivity contribution in [2.45, 2.75) is 72.3 Å². The second kappa shape index (κ2) is 14.2. The molecule has 0 radical (unpaired) electrons. The van der Waals surface area contributed by atoms with Gasteiger partial charge in [-0.3, -0.25) is 4.79 Å². The Morgan fingerprint density at radius 2 is 1.40 bits per heavy atom. The Balaban J connectivity index is 1.53. The van der Waals surface area contributed by atoms with Crippen molar-refractivity contribution in [2.24, 2.45) is 5.92 Å². The number of carboxylic acids is 1. The van der Waals surface area contributed by atoms with Crippen LogP contribution in [0.5, 0.6) is 0 Å². The number of carbonyl (C=O) groups excluding carboxylic acids is 1. The molecule has 0 spiro atoms. The molecule has 1 saturated heterocycles. The molecular weight excluding hydrogens is 735 g/mol. The van der Waals surface area contributed by atoms with Gasteiger partial charge in [-0.15, -0.1) is 0 Å². The normalized spacial score (nSPS) is 21.6. The number of carbonyl (C=O) groups is 2. The number of benzene rings is 3. The predicted octanol–water partition coefficient (Wildman–Crippen LogP) is 7.37. The number of hydrogen-bond donors (Lipinski definition) is 2. The van der Waals surface area contributed by atoms with E-state index < -0.39 is 103 Å². The van der Waals surface area contributed by atoms with Crippen LogP contribution >= 0.6 is 0 Å². The van der Waals surface area contributed by atoms with Gasteiger partial charge in [-0.1, -0.05) is 30.3 Å². The third kappa shape index (κ3) is 7.06. The summed E-state index contributed by atoms with van der Waals surface area (Å²) in [5.41, 5.74) is -8.21. The van der Waals surface area contributed by atoms with Gasteiger partial charge >= 0.3 is 24.4 Å². The predicted molar refractivity (Wildman–Crippen MR) is 165 cm³/mol. The fourth-order valence-electron chi connectivity index (χ4n) is 6.75. The van der Waals surface area contributed by atoms with Gasteiger partial charge in [0.2, 0.25) is 0 Å². The molecule has 0 aromatic heterocycles. The first kappa shape index (κ1) is 38.9. The van der Waals surface area contributed by atoms with Gasteiger partial charge in [-0.25, -0.2) is 26.4 Å². The number of likely N-dealkylation sites (tertiary alicyclic amines) is 1. The molecule has 1 saturated carbocycles. The van der Waals surface area contributed by atoms with Crippen LogP contribution in [0.3, 0.4) is 0 Å². The lowest BCUT2D eigenvalue weighted by Gasteiger charge is -2.38.